The van der Waals surface area contributed by atoms with Gasteiger partial charge in [0.25, 0.3) is 0 Å². The van der Waals surface area contributed by atoms with Crippen molar-refractivity contribution in [3.05, 3.63) is 41.6 Å². The van der Waals surface area contributed by atoms with E-state index in [0.29, 0.717) is 12.1 Å². The van der Waals surface area contributed by atoms with Crippen molar-refractivity contribution in [1.29, 1.82) is 0 Å². The Bertz CT molecular complexity index is 511. The van der Waals surface area contributed by atoms with E-state index in [-0.39, 0.29) is 11.3 Å². The third-order valence-corrected chi connectivity index (χ3v) is 2.41. The molecular weight excluding hydrogens is 226 g/mol. The summed E-state index contributed by atoms with van der Waals surface area (Å²) in [5, 5.41) is 6.70. The zero-order chi connectivity index (χ0) is 12.3. The van der Waals surface area contributed by atoms with Crippen molar-refractivity contribution in [3.63, 3.8) is 0 Å². The fraction of sp³-hybridized carbons (Fsp3) is 0.250. The largest absolute Gasteiger partial charge is 0.356 e. The second kappa shape index (κ2) is 5.05. The van der Waals surface area contributed by atoms with Crippen LogP contribution in [0.2, 0.25) is 0 Å². The maximum atomic E-state index is 13.6. The van der Waals surface area contributed by atoms with Crippen LogP contribution in [0.25, 0.3) is 11.3 Å². The highest BCUT2D eigenvalue weighted by molar-refractivity contribution is 5.61. The molecule has 5 heteroatoms. The summed E-state index contributed by atoms with van der Waals surface area (Å²) in [4.78, 5) is 0. The highest BCUT2D eigenvalue weighted by atomic mass is 19.2. The predicted molar refractivity (Wildman–Crippen MR) is 59.2 cm³/mol. The molecule has 0 aliphatic carbocycles. The summed E-state index contributed by atoms with van der Waals surface area (Å²) in [6, 6.07) is 3.97. The second-order valence-corrected chi connectivity index (χ2v) is 3.56. The summed E-state index contributed by atoms with van der Waals surface area (Å²) >= 11 is 0. The minimum Gasteiger partial charge on any atom is -0.356 e. The molecule has 1 aromatic carbocycles. The van der Waals surface area contributed by atoms with Gasteiger partial charge in [0, 0.05) is 12.1 Å². The van der Waals surface area contributed by atoms with Crippen molar-refractivity contribution in [1.82, 2.24) is 10.5 Å². The van der Waals surface area contributed by atoms with E-state index in [2.05, 4.69) is 10.5 Å². The van der Waals surface area contributed by atoms with Gasteiger partial charge in [-0.3, -0.25) is 0 Å². The molecule has 1 heterocycles. The van der Waals surface area contributed by atoms with Gasteiger partial charge >= 0.3 is 0 Å². The van der Waals surface area contributed by atoms with Gasteiger partial charge in [0.2, 0.25) is 0 Å². The van der Waals surface area contributed by atoms with Crippen LogP contribution in [0.15, 0.2) is 28.9 Å². The Labute approximate surface area is 97.4 Å². The van der Waals surface area contributed by atoms with Gasteiger partial charge in [-0.15, -0.1) is 0 Å². The number of benzene rings is 1. The van der Waals surface area contributed by atoms with Crippen molar-refractivity contribution in [2.45, 2.75) is 13.5 Å². The van der Waals surface area contributed by atoms with Gasteiger partial charge in [-0.05, 0) is 18.7 Å². The molecule has 3 nitrogen and oxygen atoms in total. The maximum absolute atomic E-state index is 13.6. The lowest BCUT2D eigenvalue weighted by molar-refractivity contribution is 0.426. The number of nitrogens with one attached hydrogen (secondary N) is 1. The van der Waals surface area contributed by atoms with Crippen LogP contribution in [0, 0.1) is 11.6 Å². The van der Waals surface area contributed by atoms with Crippen LogP contribution in [0.1, 0.15) is 12.5 Å². The lowest BCUT2D eigenvalue weighted by atomic mass is 10.1. The first-order chi connectivity index (χ1) is 8.24. The average molecular weight is 238 g/mol. The first-order valence-electron chi connectivity index (χ1n) is 5.32. The molecule has 90 valence electrons. The van der Waals surface area contributed by atoms with Gasteiger partial charge in [-0.2, -0.15) is 0 Å². The molecule has 17 heavy (non-hydrogen) atoms. The molecule has 0 fully saturated rings. The highest BCUT2D eigenvalue weighted by Crippen LogP contribution is 2.27. The van der Waals surface area contributed by atoms with Crippen LogP contribution in [0.3, 0.4) is 0 Å². The molecule has 0 aliphatic rings. The number of aromatic nitrogens is 1. The van der Waals surface area contributed by atoms with Crippen LogP contribution < -0.4 is 5.32 Å². The van der Waals surface area contributed by atoms with E-state index < -0.39 is 11.6 Å². The fourth-order valence-electron chi connectivity index (χ4n) is 1.55. The Hall–Kier alpha value is -1.75. The maximum Gasteiger partial charge on any atom is 0.174 e. The van der Waals surface area contributed by atoms with Crippen molar-refractivity contribution >= 4 is 0 Å². The van der Waals surface area contributed by atoms with Gasteiger partial charge in [0.1, 0.15) is 0 Å². The Morgan fingerprint density at radius 1 is 1.35 bits per heavy atom. The van der Waals surface area contributed by atoms with E-state index in [1.54, 1.807) is 0 Å². The van der Waals surface area contributed by atoms with Crippen LogP contribution in [-0.4, -0.2) is 11.7 Å². The fourth-order valence-corrected chi connectivity index (χ4v) is 1.55. The van der Waals surface area contributed by atoms with Gasteiger partial charge in [-0.1, -0.05) is 18.1 Å². The van der Waals surface area contributed by atoms with E-state index in [1.807, 2.05) is 6.92 Å². The topological polar surface area (TPSA) is 38.1 Å². The summed E-state index contributed by atoms with van der Waals surface area (Å²) in [5.74, 6) is -1.54. The zero-order valence-electron chi connectivity index (χ0n) is 9.34. The molecule has 0 amide bonds. The molecule has 0 radical (unpaired) electrons. The molecule has 0 saturated heterocycles. The normalized spacial score (nSPS) is 10.8. The van der Waals surface area contributed by atoms with Gasteiger partial charge in [0.05, 0.1) is 11.8 Å². The van der Waals surface area contributed by atoms with Crippen molar-refractivity contribution in [2.24, 2.45) is 0 Å². The molecule has 1 aromatic heterocycles. The Morgan fingerprint density at radius 3 is 2.94 bits per heavy atom. The van der Waals surface area contributed by atoms with Crippen LogP contribution >= 0.6 is 0 Å². The first kappa shape index (κ1) is 11.7. The number of nitrogens with zero attached hydrogens (tertiary/aromatic N) is 1. The van der Waals surface area contributed by atoms with E-state index in [1.165, 1.54) is 18.3 Å². The lowest BCUT2D eigenvalue weighted by Gasteiger charge is -2.03. The average Bonchev–Trinajstić information content (AvgIpc) is 2.78. The minimum absolute atomic E-state index is 0.0930. The summed E-state index contributed by atoms with van der Waals surface area (Å²) in [7, 11) is 0. The smallest absolute Gasteiger partial charge is 0.174 e. The quantitative estimate of drug-likeness (QED) is 0.890. The van der Waals surface area contributed by atoms with E-state index in [9.17, 15) is 8.78 Å². The van der Waals surface area contributed by atoms with Crippen molar-refractivity contribution in [2.75, 3.05) is 6.54 Å². The summed E-state index contributed by atoms with van der Waals surface area (Å²) < 4.78 is 31.7. The number of hydrogen-bond acceptors (Lipinski definition) is 3. The van der Waals surface area contributed by atoms with Gasteiger partial charge in [-0.25, -0.2) is 8.78 Å². The number of rotatable bonds is 4. The Morgan fingerprint density at radius 2 is 2.18 bits per heavy atom. The molecule has 0 saturated carbocycles. The van der Waals surface area contributed by atoms with Crippen LogP contribution in [0.4, 0.5) is 8.78 Å². The van der Waals surface area contributed by atoms with Crippen molar-refractivity contribution < 1.29 is 13.3 Å². The summed E-state index contributed by atoms with van der Waals surface area (Å²) in [6.07, 6.45) is 1.50. The van der Waals surface area contributed by atoms with E-state index >= 15 is 0 Å². The molecule has 0 bridgehead atoms. The molecule has 2 aromatic rings. The van der Waals surface area contributed by atoms with Crippen LogP contribution in [0.5, 0.6) is 0 Å². The summed E-state index contributed by atoms with van der Waals surface area (Å²) in [6.45, 7) is 3.23. The van der Waals surface area contributed by atoms with E-state index in [4.69, 9.17) is 4.52 Å². The Kier molecular flexibility index (Phi) is 3.49. The van der Waals surface area contributed by atoms with E-state index in [0.717, 1.165) is 12.6 Å². The molecular formula is C12H12F2N2O. The molecule has 0 unspecified atom stereocenters. The number of halogens is 2. The minimum atomic E-state index is -0.915. The monoisotopic (exact) mass is 238 g/mol. The zero-order valence-corrected chi connectivity index (χ0v) is 9.34. The third kappa shape index (κ3) is 2.34. The number of hydrogen-bond donors (Lipinski definition) is 1. The van der Waals surface area contributed by atoms with Crippen LogP contribution in [-0.2, 0) is 6.54 Å². The highest BCUT2D eigenvalue weighted by Gasteiger charge is 2.16. The van der Waals surface area contributed by atoms with Gasteiger partial charge in [0.15, 0.2) is 17.4 Å². The van der Waals surface area contributed by atoms with Gasteiger partial charge < -0.3 is 9.84 Å². The standard InChI is InChI=1S/C12H12F2N2O/c1-2-15-6-8-7-16-17-12(8)9-4-3-5-10(13)11(9)14/h3-5,7,15H,2,6H2,1H3. The molecule has 0 aliphatic heterocycles. The SMILES string of the molecule is CCNCc1cnoc1-c1cccc(F)c1F. The molecule has 0 spiro atoms. The lowest BCUT2D eigenvalue weighted by Crippen LogP contribution is -2.11. The molecule has 2 rings (SSSR count). The molecule has 1 N–H and O–H groups in total. The molecule has 0 atom stereocenters. The summed E-state index contributed by atoms with van der Waals surface area (Å²) in [5.41, 5.74) is 0.798. The van der Waals surface area contributed by atoms with Crippen molar-refractivity contribution in [3.8, 4) is 11.3 Å². The predicted octanol–water partition coefficient (Wildman–Crippen LogP) is 2.73. The Balaban J connectivity index is 2.39. The second-order valence-electron chi connectivity index (χ2n) is 3.56. The third-order valence-electron chi connectivity index (χ3n) is 2.41. The first-order valence-corrected chi connectivity index (χ1v) is 5.32.